The molecule has 2 atom stereocenters. The van der Waals surface area contributed by atoms with Crippen molar-refractivity contribution in [1.29, 1.82) is 0 Å². The molecular weight excluding hydrogens is 406 g/mol. The molecule has 168 valence electrons. The van der Waals surface area contributed by atoms with Crippen LogP contribution in [0.15, 0.2) is 6.07 Å². The summed E-state index contributed by atoms with van der Waals surface area (Å²) in [5, 5.41) is 5.87. The van der Waals surface area contributed by atoms with Gasteiger partial charge in [-0.3, -0.25) is 4.79 Å². The van der Waals surface area contributed by atoms with Crippen LogP contribution in [0.1, 0.15) is 44.6 Å². The van der Waals surface area contributed by atoms with Gasteiger partial charge < -0.3 is 20.1 Å². The van der Waals surface area contributed by atoms with Crippen LogP contribution in [0.2, 0.25) is 0 Å². The van der Waals surface area contributed by atoms with Crippen LogP contribution in [0, 0.1) is 17.7 Å². The Labute approximate surface area is 172 Å². The summed E-state index contributed by atoms with van der Waals surface area (Å²) in [6.07, 6.45) is -3.75. The first kappa shape index (κ1) is 22.6. The van der Waals surface area contributed by atoms with Crippen molar-refractivity contribution < 1.29 is 31.8 Å². The van der Waals surface area contributed by atoms with Gasteiger partial charge in [0, 0.05) is 12.1 Å². The minimum atomic E-state index is -4.21. The Morgan fingerprint density at radius 1 is 1.27 bits per heavy atom. The van der Waals surface area contributed by atoms with Crippen LogP contribution >= 0.6 is 0 Å². The molecule has 10 heteroatoms. The van der Waals surface area contributed by atoms with Gasteiger partial charge in [-0.05, 0) is 50.6 Å². The highest BCUT2D eigenvalue weighted by atomic mass is 19.4. The molecule has 0 aromatic carbocycles. The molecule has 1 aromatic heterocycles. The van der Waals surface area contributed by atoms with Crippen molar-refractivity contribution in [2.24, 2.45) is 11.8 Å². The maximum atomic E-state index is 14.5. The monoisotopic (exact) mass is 433 g/mol. The van der Waals surface area contributed by atoms with Crippen LogP contribution in [-0.4, -0.2) is 42.9 Å². The van der Waals surface area contributed by atoms with Crippen molar-refractivity contribution in [2.75, 3.05) is 13.7 Å². The summed E-state index contributed by atoms with van der Waals surface area (Å²) in [4.78, 5) is 16.3. The number of carbonyl (C=O) groups excluding carboxylic acids is 1. The van der Waals surface area contributed by atoms with Crippen LogP contribution in [0.4, 0.5) is 17.6 Å². The fraction of sp³-hybridized carbons (Fsp3) is 0.700. The summed E-state index contributed by atoms with van der Waals surface area (Å²) in [5.74, 6) is -2.05. The van der Waals surface area contributed by atoms with E-state index in [1.807, 2.05) is 0 Å². The van der Waals surface area contributed by atoms with Crippen LogP contribution < -0.4 is 20.1 Å². The molecule has 30 heavy (non-hydrogen) atoms. The highest BCUT2D eigenvalue weighted by Crippen LogP contribution is 2.38. The maximum absolute atomic E-state index is 14.5. The maximum Gasteiger partial charge on any atom is 0.391 e. The second kappa shape index (κ2) is 9.36. The van der Waals surface area contributed by atoms with Gasteiger partial charge in [0.1, 0.15) is 6.10 Å². The molecule has 6 nitrogen and oxygen atoms in total. The number of hydrogen-bond donors (Lipinski definition) is 2. The minimum absolute atomic E-state index is 0.0372. The van der Waals surface area contributed by atoms with Crippen molar-refractivity contribution in [3.63, 3.8) is 0 Å². The summed E-state index contributed by atoms with van der Waals surface area (Å²) < 4.78 is 63.6. The summed E-state index contributed by atoms with van der Waals surface area (Å²) in [6, 6.07) is 0.895. The predicted molar refractivity (Wildman–Crippen MR) is 101 cm³/mol. The third-order valence-electron chi connectivity index (χ3n) is 5.71. The lowest BCUT2D eigenvalue weighted by Crippen LogP contribution is -2.40. The molecule has 2 N–H and O–H groups in total. The molecule has 2 fully saturated rings. The van der Waals surface area contributed by atoms with Gasteiger partial charge in [-0.1, -0.05) is 6.92 Å². The Kier molecular flexibility index (Phi) is 7.05. The van der Waals surface area contributed by atoms with Gasteiger partial charge in [-0.2, -0.15) is 18.2 Å². The molecule has 1 saturated heterocycles. The average Bonchev–Trinajstić information content (AvgIpc) is 3.14. The molecule has 0 radical (unpaired) electrons. The lowest BCUT2D eigenvalue weighted by Gasteiger charge is -2.30. The number of nitrogens with one attached hydrogen (secondary N) is 2. The van der Waals surface area contributed by atoms with Gasteiger partial charge in [0.15, 0.2) is 5.82 Å². The predicted octanol–water partition coefficient (Wildman–Crippen LogP) is 3.34. The van der Waals surface area contributed by atoms with Gasteiger partial charge in [-0.25, -0.2) is 4.39 Å². The van der Waals surface area contributed by atoms with Crippen molar-refractivity contribution in [3.05, 3.63) is 17.4 Å². The van der Waals surface area contributed by atoms with Crippen molar-refractivity contribution >= 4 is 5.91 Å². The number of rotatable bonds is 6. The molecular formula is C20H27F4N3O3. The molecule has 0 spiro atoms. The first-order chi connectivity index (χ1) is 14.2. The number of ether oxygens (including phenoxy) is 2. The number of pyridine rings is 1. The SMILES string of the molecule is COc1nc(OC2CCC(C(F)(F)F)CC2)c(F)cc1CNC(=O)[C@@H]1C[C@@H](C)CN1. The molecule has 1 aliphatic carbocycles. The zero-order valence-electron chi connectivity index (χ0n) is 17.0. The van der Waals surface area contributed by atoms with Crippen molar-refractivity contribution in [3.8, 4) is 11.8 Å². The number of amides is 1. The number of carbonyl (C=O) groups is 1. The zero-order valence-corrected chi connectivity index (χ0v) is 17.0. The summed E-state index contributed by atoms with van der Waals surface area (Å²) in [7, 11) is 1.37. The highest BCUT2D eigenvalue weighted by molar-refractivity contribution is 5.82. The highest BCUT2D eigenvalue weighted by Gasteiger charge is 2.42. The van der Waals surface area contributed by atoms with E-state index in [0.29, 0.717) is 11.5 Å². The number of aromatic nitrogens is 1. The first-order valence-electron chi connectivity index (χ1n) is 10.1. The van der Waals surface area contributed by atoms with E-state index >= 15 is 0 Å². The third-order valence-corrected chi connectivity index (χ3v) is 5.71. The Bertz CT molecular complexity index is 752. The molecule has 1 aliphatic heterocycles. The van der Waals surface area contributed by atoms with Crippen LogP contribution in [0.25, 0.3) is 0 Å². The van der Waals surface area contributed by atoms with Crippen LogP contribution in [0.3, 0.4) is 0 Å². The third kappa shape index (κ3) is 5.53. The number of methoxy groups -OCH3 is 1. The quantitative estimate of drug-likeness (QED) is 0.674. The molecule has 0 bridgehead atoms. The van der Waals surface area contributed by atoms with Crippen LogP contribution in [0.5, 0.6) is 11.8 Å². The van der Waals surface area contributed by atoms with Crippen molar-refractivity contribution in [1.82, 2.24) is 15.6 Å². The van der Waals surface area contributed by atoms with Gasteiger partial charge in [0.25, 0.3) is 5.88 Å². The van der Waals surface area contributed by atoms with E-state index in [2.05, 4.69) is 22.5 Å². The second-order valence-corrected chi connectivity index (χ2v) is 8.10. The van der Waals surface area contributed by atoms with E-state index < -0.39 is 24.0 Å². The molecule has 1 aromatic rings. The molecule has 2 heterocycles. The van der Waals surface area contributed by atoms with E-state index in [4.69, 9.17) is 9.47 Å². The Morgan fingerprint density at radius 2 is 1.97 bits per heavy atom. The topological polar surface area (TPSA) is 72.5 Å². The lowest BCUT2D eigenvalue weighted by molar-refractivity contribution is -0.185. The number of hydrogen-bond acceptors (Lipinski definition) is 5. The number of halogens is 4. The first-order valence-corrected chi connectivity index (χ1v) is 10.1. The van der Waals surface area contributed by atoms with E-state index in [0.717, 1.165) is 13.0 Å². The molecule has 3 rings (SSSR count). The molecule has 1 amide bonds. The Hall–Kier alpha value is -2.10. The van der Waals surface area contributed by atoms with Gasteiger partial charge >= 0.3 is 6.18 Å². The van der Waals surface area contributed by atoms with Gasteiger partial charge in [-0.15, -0.1) is 0 Å². The van der Waals surface area contributed by atoms with E-state index in [1.54, 1.807) is 0 Å². The Balaban J connectivity index is 1.59. The van der Waals surface area contributed by atoms with Crippen molar-refractivity contribution in [2.45, 2.75) is 63.9 Å². The summed E-state index contributed by atoms with van der Waals surface area (Å²) >= 11 is 0. The number of alkyl halides is 3. The molecule has 2 aliphatic rings. The van der Waals surface area contributed by atoms with Gasteiger partial charge in [0.2, 0.25) is 11.8 Å². The number of nitrogens with zero attached hydrogens (tertiary/aromatic N) is 1. The van der Waals surface area contributed by atoms with Gasteiger partial charge in [0.05, 0.1) is 19.1 Å². The zero-order chi connectivity index (χ0) is 21.9. The molecule has 0 unspecified atom stereocenters. The average molecular weight is 433 g/mol. The van der Waals surface area contributed by atoms with Crippen LogP contribution in [-0.2, 0) is 11.3 Å². The normalized spacial score (nSPS) is 27.0. The summed E-state index contributed by atoms with van der Waals surface area (Å²) in [6.45, 7) is 2.86. The minimum Gasteiger partial charge on any atom is -0.481 e. The van der Waals surface area contributed by atoms with E-state index in [-0.39, 0.29) is 55.9 Å². The molecule has 1 saturated carbocycles. The fourth-order valence-corrected chi connectivity index (χ4v) is 3.96. The van der Waals surface area contributed by atoms with E-state index in [9.17, 15) is 22.4 Å². The Morgan fingerprint density at radius 3 is 2.53 bits per heavy atom. The smallest absolute Gasteiger partial charge is 0.391 e. The summed E-state index contributed by atoms with van der Waals surface area (Å²) in [5.41, 5.74) is 0.350. The largest absolute Gasteiger partial charge is 0.481 e. The van der Waals surface area contributed by atoms with E-state index in [1.165, 1.54) is 13.2 Å². The second-order valence-electron chi connectivity index (χ2n) is 8.10. The fourth-order valence-electron chi connectivity index (χ4n) is 3.96. The lowest BCUT2D eigenvalue weighted by atomic mass is 9.87. The standard InChI is InChI=1S/C20H27F4N3O3/c1-11-7-16(25-9-11)17(28)26-10-12-8-15(21)19(27-18(12)29-2)30-14-5-3-13(4-6-14)20(22,23)24/h8,11,13-14,16,25H,3-7,9-10H2,1-2H3,(H,26,28)/t11-,13?,14?,16+/m1/s1.